The number of hydrogen-bond donors (Lipinski definition) is 1. The third-order valence-electron chi connectivity index (χ3n) is 4.22. The van der Waals surface area contributed by atoms with Crippen LogP contribution >= 0.6 is 0 Å². The van der Waals surface area contributed by atoms with Crippen LogP contribution in [0, 0.1) is 10.8 Å². The van der Waals surface area contributed by atoms with Crippen molar-refractivity contribution in [1.29, 1.82) is 0 Å². The summed E-state index contributed by atoms with van der Waals surface area (Å²) in [6.45, 7) is 11.1. The van der Waals surface area contributed by atoms with Crippen LogP contribution in [-0.4, -0.2) is 29.4 Å². The first-order valence-corrected chi connectivity index (χ1v) is 9.08. The number of fused-ring (bicyclic) bond motifs is 3. The first-order chi connectivity index (χ1) is 12.3. The Labute approximate surface area is 182 Å². The van der Waals surface area contributed by atoms with Crippen molar-refractivity contribution in [3.8, 4) is 11.4 Å². The van der Waals surface area contributed by atoms with Gasteiger partial charge in [0, 0.05) is 16.9 Å². The number of nitrogens with zero attached hydrogens (tertiary/aromatic N) is 4. The molecule has 158 valence electrons. The van der Waals surface area contributed by atoms with Gasteiger partial charge in [-0.1, -0.05) is 52.9 Å². The summed E-state index contributed by atoms with van der Waals surface area (Å²) in [5.74, 6) is 0.104. The normalized spacial score (nSPS) is 12.5. The molecule has 0 aromatic rings. The molecule has 0 fully saturated rings. The Hall–Kier alpha value is -1.94. The van der Waals surface area contributed by atoms with Crippen LogP contribution in [0.15, 0.2) is 49.0 Å². The average Bonchev–Trinajstić information content (AvgIpc) is 3.06. The topological polar surface area (TPSA) is 57.0 Å². The second kappa shape index (κ2) is 8.60. The molecule has 28 heavy (non-hydrogen) atoms. The van der Waals surface area contributed by atoms with Gasteiger partial charge in [0.15, 0.2) is 5.78 Å². The van der Waals surface area contributed by atoms with Crippen LogP contribution in [0.1, 0.15) is 41.5 Å². The number of allylic oxidation sites excluding steroid dienone is 2. The predicted octanol–water partition coefficient (Wildman–Crippen LogP) is 4.47. The molecule has 0 saturated carbocycles. The Balaban J connectivity index is 0.000000272. The molecule has 0 atom stereocenters. The van der Waals surface area contributed by atoms with Crippen molar-refractivity contribution in [3.05, 3.63) is 49.0 Å². The van der Waals surface area contributed by atoms with E-state index in [2.05, 4.69) is 55.7 Å². The molecule has 0 amide bonds. The summed E-state index contributed by atoms with van der Waals surface area (Å²) in [6, 6.07) is 4.24. The van der Waals surface area contributed by atoms with Gasteiger partial charge in [-0.15, -0.1) is 24.5 Å². The molecular formula is C21H32N4O2Pt. The Kier molecular flexibility index (Phi) is 7.40. The summed E-state index contributed by atoms with van der Waals surface area (Å²) in [6.07, 6.45) is 9.64. The van der Waals surface area contributed by atoms with Crippen molar-refractivity contribution < 1.29 is 31.0 Å². The molecule has 0 saturated heterocycles. The molecule has 0 aliphatic carbocycles. The van der Waals surface area contributed by atoms with Gasteiger partial charge in [0.2, 0.25) is 0 Å². The number of imidazole rings is 2. The number of carbonyl (C=O) groups excluding carboxylic acids is 1. The second-order valence-electron chi connectivity index (χ2n) is 9.09. The van der Waals surface area contributed by atoms with E-state index in [-0.39, 0.29) is 38.0 Å². The molecule has 3 aliphatic rings. The molecule has 0 bridgehead atoms. The maximum atomic E-state index is 11.5. The first-order valence-electron chi connectivity index (χ1n) is 9.08. The zero-order valence-corrected chi connectivity index (χ0v) is 20.3. The quantitative estimate of drug-likeness (QED) is 0.268. The van der Waals surface area contributed by atoms with E-state index in [1.165, 1.54) is 17.5 Å². The van der Waals surface area contributed by atoms with Gasteiger partial charge in [-0.2, -0.15) is 0 Å². The minimum atomic E-state index is -0.417. The number of hydrogen-bond acceptors (Lipinski definition) is 2. The number of carbonyl (C=O) groups is 1. The van der Waals surface area contributed by atoms with Gasteiger partial charge in [0.25, 0.3) is 0 Å². The summed E-state index contributed by atoms with van der Waals surface area (Å²) in [5.41, 5.74) is 1.62. The van der Waals surface area contributed by atoms with Crippen LogP contribution in [0.25, 0.3) is 11.4 Å². The number of rotatable bonds is 1. The molecule has 3 rings (SSSR count). The summed E-state index contributed by atoms with van der Waals surface area (Å²) >= 11 is 0. The van der Waals surface area contributed by atoms with Crippen molar-refractivity contribution in [2.24, 2.45) is 24.9 Å². The summed E-state index contributed by atoms with van der Waals surface area (Å²) in [5, 5.41) is 9.56. The molecule has 0 aromatic heterocycles. The van der Waals surface area contributed by atoms with Crippen molar-refractivity contribution in [2.45, 2.75) is 41.5 Å². The van der Waals surface area contributed by atoms with Crippen molar-refractivity contribution >= 4 is 5.78 Å². The van der Waals surface area contributed by atoms with E-state index in [0.29, 0.717) is 0 Å². The molecule has 1 N–H and O–H groups in total. The molecule has 0 aromatic carbocycles. The van der Waals surface area contributed by atoms with Gasteiger partial charge >= 0.3 is 21.1 Å². The summed E-state index contributed by atoms with van der Waals surface area (Å²) in [7, 11) is 4.06. The summed E-state index contributed by atoms with van der Waals surface area (Å²) in [4.78, 5) is 11.5. The number of aromatic nitrogens is 4. The molecule has 0 radical (unpaired) electrons. The minimum absolute atomic E-state index is 0. The molecular weight excluding hydrogens is 535 g/mol. The summed E-state index contributed by atoms with van der Waals surface area (Å²) < 4.78 is 8.34. The standard InChI is InChI=1S/C11H20O2.C10H12N4.Pt/c1-10(2,3)8(12)7-9(13)11(4,5)6;1-11-5-9-3-4-10-6-12(2)8-14(10)13(9)7-11;/h7,12H,1-6H3;3-8H,1-2H3;/q;-2;+2. The van der Waals surface area contributed by atoms with Crippen LogP contribution in [0.3, 0.4) is 0 Å². The van der Waals surface area contributed by atoms with Gasteiger partial charge < -0.3 is 23.6 Å². The molecule has 3 aliphatic heterocycles. The zero-order valence-electron chi connectivity index (χ0n) is 18.0. The Morgan fingerprint density at radius 1 is 0.893 bits per heavy atom. The van der Waals surface area contributed by atoms with Crippen LogP contribution in [0.4, 0.5) is 0 Å². The van der Waals surface area contributed by atoms with Gasteiger partial charge in [-0.25, -0.2) is 0 Å². The van der Waals surface area contributed by atoms with E-state index in [9.17, 15) is 9.90 Å². The van der Waals surface area contributed by atoms with E-state index in [1.807, 2.05) is 55.6 Å². The molecule has 3 heterocycles. The number of aliphatic hydroxyl groups is 1. The number of aliphatic hydroxyl groups excluding tert-OH is 1. The van der Waals surface area contributed by atoms with Gasteiger partial charge in [0.1, 0.15) is 5.76 Å². The molecule has 7 heteroatoms. The third kappa shape index (κ3) is 5.78. The molecule has 0 unspecified atom stereocenters. The van der Waals surface area contributed by atoms with E-state index < -0.39 is 5.41 Å². The van der Waals surface area contributed by atoms with E-state index in [1.54, 1.807) is 0 Å². The molecule has 6 nitrogen and oxygen atoms in total. The zero-order chi connectivity index (χ0) is 20.6. The maximum absolute atomic E-state index is 11.5. The van der Waals surface area contributed by atoms with E-state index in [4.69, 9.17) is 0 Å². The number of aryl methyl sites for hydroxylation is 2. The van der Waals surface area contributed by atoms with Crippen molar-refractivity contribution in [3.63, 3.8) is 0 Å². The van der Waals surface area contributed by atoms with Crippen LogP contribution in [0.2, 0.25) is 0 Å². The van der Waals surface area contributed by atoms with Gasteiger partial charge in [-0.05, 0) is 26.7 Å². The van der Waals surface area contributed by atoms with E-state index >= 15 is 0 Å². The minimum Gasteiger partial charge on any atom is -0.512 e. The Morgan fingerprint density at radius 2 is 1.29 bits per heavy atom. The van der Waals surface area contributed by atoms with Crippen LogP contribution in [0.5, 0.6) is 0 Å². The van der Waals surface area contributed by atoms with Crippen LogP contribution in [-0.2, 0) is 40.0 Å². The van der Waals surface area contributed by atoms with Crippen molar-refractivity contribution in [2.75, 3.05) is 0 Å². The second-order valence-corrected chi connectivity index (χ2v) is 9.09. The third-order valence-corrected chi connectivity index (χ3v) is 4.22. The monoisotopic (exact) mass is 567 g/mol. The Bertz CT molecular complexity index is 861. The Morgan fingerprint density at radius 3 is 1.61 bits per heavy atom. The largest absolute Gasteiger partial charge is 2.00 e. The van der Waals surface area contributed by atoms with E-state index in [0.717, 1.165) is 0 Å². The SMILES string of the molecule is CC(C)(C)C(=O)C=C(O)C(C)(C)C.Cn1cc2ccc3cn(C)[cH-]n-3n-2[cH-]1.[Pt+2]. The van der Waals surface area contributed by atoms with Gasteiger partial charge in [0.05, 0.1) is 0 Å². The average molecular weight is 568 g/mol. The predicted molar refractivity (Wildman–Crippen MR) is 109 cm³/mol. The first kappa shape index (κ1) is 24.1. The fourth-order valence-electron chi connectivity index (χ4n) is 2.41. The van der Waals surface area contributed by atoms with Crippen LogP contribution < -0.4 is 0 Å². The van der Waals surface area contributed by atoms with Crippen molar-refractivity contribution in [1.82, 2.24) is 18.5 Å². The smallest absolute Gasteiger partial charge is 0.512 e. The fourth-order valence-corrected chi connectivity index (χ4v) is 2.41. The van der Waals surface area contributed by atoms with Gasteiger partial charge in [-0.3, -0.25) is 4.79 Å². The maximum Gasteiger partial charge on any atom is 2.00 e. The fraction of sp³-hybridized carbons (Fsp3) is 0.476. The number of ketones is 1. The molecule has 0 spiro atoms.